The van der Waals surface area contributed by atoms with Gasteiger partial charge in [-0.05, 0) is 25.7 Å². The molecule has 5 heteroatoms. The molecular weight excluding hydrogens is 185 g/mol. The minimum absolute atomic E-state index is 0.136. The molecule has 0 spiro atoms. The minimum Gasteiger partial charge on any atom is -0.381 e. The lowest BCUT2D eigenvalue weighted by molar-refractivity contribution is -0.274. The second-order valence-electron chi connectivity index (χ2n) is 3.46. The van der Waals surface area contributed by atoms with Crippen LogP contribution in [0.3, 0.4) is 0 Å². The van der Waals surface area contributed by atoms with Crippen molar-refractivity contribution in [3.63, 3.8) is 0 Å². The van der Waals surface area contributed by atoms with E-state index in [4.69, 9.17) is 4.74 Å². The van der Waals surface area contributed by atoms with Crippen LogP contribution in [0.4, 0.5) is 13.2 Å². The summed E-state index contributed by atoms with van der Waals surface area (Å²) in [7, 11) is 1.47. The third-order valence-corrected chi connectivity index (χ3v) is 2.62. The van der Waals surface area contributed by atoms with Gasteiger partial charge in [0.15, 0.2) is 5.60 Å². The molecule has 0 unspecified atom stereocenters. The topological polar surface area (TPSA) is 29.5 Å². The van der Waals surface area contributed by atoms with Gasteiger partial charge in [0.1, 0.15) is 0 Å². The maximum Gasteiger partial charge on any atom is 0.417 e. The van der Waals surface area contributed by atoms with Crippen molar-refractivity contribution in [1.29, 1.82) is 0 Å². The number of halogens is 3. The minimum atomic E-state index is -4.51. The Bertz CT molecular complexity index is 171. The molecule has 0 saturated heterocycles. The van der Waals surface area contributed by atoms with Crippen molar-refractivity contribution in [3.8, 4) is 0 Å². The largest absolute Gasteiger partial charge is 0.417 e. The smallest absolute Gasteiger partial charge is 0.381 e. The first kappa shape index (κ1) is 10.8. The molecule has 13 heavy (non-hydrogen) atoms. The van der Waals surface area contributed by atoms with Gasteiger partial charge in [-0.2, -0.15) is 13.2 Å². The third kappa shape index (κ3) is 2.14. The molecule has 2 nitrogen and oxygen atoms in total. The molecule has 1 N–H and O–H groups in total. The second kappa shape index (κ2) is 3.46. The lowest BCUT2D eigenvalue weighted by Crippen LogP contribution is -2.48. The maximum atomic E-state index is 12.3. The van der Waals surface area contributed by atoms with Crippen molar-refractivity contribution in [1.82, 2.24) is 0 Å². The molecule has 1 aliphatic rings. The molecule has 0 radical (unpaired) electrons. The molecule has 0 aromatic rings. The van der Waals surface area contributed by atoms with Gasteiger partial charge in [0.25, 0.3) is 0 Å². The molecule has 0 heterocycles. The van der Waals surface area contributed by atoms with E-state index in [0.29, 0.717) is 0 Å². The molecule has 0 aromatic heterocycles. The summed E-state index contributed by atoms with van der Waals surface area (Å²) in [5.74, 6) is 0. The van der Waals surface area contributed by atoms with E-state index in [1.807, 2.05) is 0 Å². The Balaban J connectivity index is 2.57. The number of rotatable bonds is 1. The van der Waals surface area contributed by atoms with Gasteiger partial charge >= 0.3 is 6.18 Å². The summed E-state index contributed by atoms with van der Waals surface area (Å²) < 4.78 is 41.7. The van der Waals surface area contributed by atoms with E-state index in [1.165, 1.54) is 7.11 Å². The van der Waals surface area contributed by atoms with Crippen molar-refractivity contribution in [2.75, 3.05) is 7.11 Å². The summed E-state index contributed by atoms with van der Waals surface area (Å²) in [5, 5.41) is 9.24. The van der Waals surface area contributed by atoms with Crippen LogP contribution in [0.5, 0.6) is 0 Å². The first-order chi connectivity index (χ1) is 5.89. The van der Waals surface area contributed by atoms with Crippen molar-refractivity contribution >= 4 is 0 Å². The van der Waals surface area contributed by atoms with Crippen molar-refractivity contribution in [2.24, 2.45) is 0 Å². The van der Waals surface area contributed by atoms with Gasteiger partial charge in [-0.1, -0.05) is 0 Å². The Morgan fingerprint density at radius 2 is 1.77 bits per heavy atom. The predicted molar refractivity (Wildman–Crippen MR) is 40.3 cm³/mol. The maximum absolute atomic E-state index is 12.3. The van der Waals surface area contributed by atoms with Crippen molar-refractivity contribution in [2.45, 2.75) is 43.6 Å². The average molecular weight is 198 g/mol. The first-order valence-electron chi connectivity index (χ1n) is 4.21. The molecule has 1 saturated carbocycles. The fraction of sp³-hybridized carbons (Fsp3) is 1.00. The quantitative estimate of drug-likeness (QED) is 0.697. The lowest BCUT2D eigenvalue weighted by atomic mass is 9.83. The number of alkyl halides is 3. The zero-order chi connectivity index (χ0) is 10.1. The predicted octanol–water partition coefficient (Wildman–Crippen LogP) is 1.87. The summed E-state index contributed by atoms with van der Waals surface area (Å²) in [4.78, 5) is 0. The second-order valence-corrected chi connectivity index (χ2v) is 3.46. The van der Waals surface area contributed by atoms with E-state index in [0.717, 1.165) is 0 Å². The molecule has 1 fully saturated rings. The Labute approximate surface area is 74.7 Å². The van der Waals surface area contributed by atoms with Gasteiger partial charge in [0.2, 0.25) is 0 Å². The van der Waals surface area contributed by atoms with Crippen LogP contribution in [0.25, 0.3) is 0 Å². The summed E-state index contributed by atoms with van der Waals surface area (Å²) in [6, 6.07) is 0. The number of ether oxygens (including phenoxy) is 1. The van der Waals surface area contributed by atoms with E-state index < -0.39 is 11.8 Å². The molecule has 0 aromatic carbocycles. The third-order valence-electron chi connectivity index (χ3n) is 2.62. The summed E-state index contributed by atoms with van der Waals surface area (Å²) >= 11 is 0. The molecule has 0 aliphatic heterocycles. The van der Waals surface area contributed by atoms with Gasteiger partial charge in [0.05, 0.1) is 6.10 Å². The van der Waals surface area contributed by atoms with E-state index in [1.54, 1.807) is 0 Å². The van der Waals surface area contributed by atoms with Gasteiger partial charge in [-0.25, -0.2) is 0 Å². The normalized spacial score (nSPS) is 36.2. The standard InChI is InChI=1S/C8H13F3O2/c1-13-6-2-4-7(12,5-3-6)8(9,10)11/h6,12H,2-5H2,1H3. The van der Waals surface area contributed by atoms with Crippen LogP contribution >= 0.6 is 0 Å². The molecule has 0 amide bonds. The molecule has 0 atom stereocenters. The van der Waals surface area contributed by atoms with Gasteiger partial charge in [0, 0.05) is 7.11 Å². The number of hydrogen-bond acceptors (Lipinski definition) is 2. The van der Waals surface area contributed by atoms with Crippen LogP contribution in [0, 0.1) is 0 Å². The highest BCUT2D eigenvalue weighted by atomic mass is 19.4. The van der Waals surface area contributed by atoms with Crippen LogP contribution < -0.4 is 0 Å². The Kier molecular flexibility index (Phi) is 2.87. The van der Waals surface area contributed by atoms with Crippen LogP contribution in [0.15, 0.2) is 0 Å². The highest BCUT2D eigenvalue weighted by Crippen LogP contribution is 2.41. The molecule has 1 aliphatic carbocycles. The van der Waals surface area contributed by atoms with Gasteiger partial charge < -0.3 is 9.84 Å². The molecule has 1 rings (SSSR count). The van der Waals surface area contributed by atoms with Crippen LogP contribution in [0.1, 0.15) is 25.7 Å². The van der Waals surface area contributed by atoms with Crippen LogP contribution in [-0.4, -0.2) is 30.1 Å². The summed E-state index contributed by atoms with van der Waals surface area (Å²) in [6.45, 7) is 0. The fourth-order valence-electron chi connectivity index (χ4n) is 1.59. The van der Waals surface area contributed by atoms with Crippen LogP contribution in [-0.2, 0) is 4.74 Å². The van der Waals surface area contributed by atoms with E-state index >= 15 is 0 Å². The molecule has 78 valence electrons. The molecule has 0 bridgehead atoms. The zero-order valence-corrected chi connectivity index (χ0v) is 7.40. The number of methoxy groups -OCH3 is 1. The van der Waals surface area contributed by atoms with Gasteiger partial charge in [-0.15, -0.1) is 0 Å². The van der Waals surface area contributed by atoms with Crippen molar-refractivity contribution in [3.05, 3.63) is 0 Å². The monoisotopic (exact) mass is 198 g/mol. The van der Waals surface area contributed by atoms with Crippen molar-refractivity contribution < 1.29 is 23.0 Å². The zero-order valence-electron chi connectivity index (χ0n) is 7.40. The average Bonchev–Trinajstić information content (AvgIpc) is 2.04. The highest BCUT2D eigenvalue weighted by Gasteiger charge is 2.54. The Morgan fingerprint density at radius 1 is 1.31 bits per heavy atom. The van der Waals surface area contributed by atoms with E-state index in [9.17, 15) is 18.3 Å². The summed E-state index contributed by atoms with van der Waals surface area (Å²) in [6.07, 6.45) is -4.61. The number of hydrogen-bond donors (Lipinski definition) is 1. The highest BCUT2D eigenvalue weighted by molar-refractivity contribution is 4.91. The van der Waals surface area contributed by atoms with E-state index in [-0.39, 0.29) is 31.8 Å². The molecular formula is C8H13F3O2. The summed E-state index contributed by atoms with van der Waals surface area (Å²) in [5.41, 5.74) is -2.48. The van der Waals surface area contributed by atoms with E-state index in [2.05, 4.69) is 0 Å². The SMILES string of the molecule is COC1CCC(O)(C(F)(F)F)CC1. The Morgan fingerprint density at radius 3 is 2.08 bits per heavy atom. The Hall–Kier alpha value is -0.290. The number of aliphatic hydroxyl groups is 1. The van der Waals surface area contributed by atoms with Gasteiger partial charge in [-0.3, -0.25) is 0 Å². The fourth-order valence-corrected chi connectivity index (χ4v) is 1.59. The lowest BCUT2D eigenvalue weighted by Gasteiger charge is -2.36. The van der Waals surface area contributed by atoms with Crippen LogP contribution in [0.2, 0.25) is 0 Å². The first-order valence-corrected chi connectivity index (χ1v) is 4.21.